The monoisotopic (exact) mass is 511 g/mol. The van der Waals surface area contributed by atoms with Crippen LogP contribution in [0.4, 0.5) is 10.1 Å². The molecule has 10 heteroatoms. The van der Waals surface area contributed by atoms with Crippen LogP contribution >= 0.6 is 11.3 Å². The summed E-state index contributed by atoms with van der Waals surface area (Å²) in [5, 5.41) is 3.44. The van der Waals surface area contributed by atoms with Crippen molar-refractivity contribution in [2.75, 3.05) is 31.1 Å². The summed E-state index contributed by atoms with van der Waals surface area (Å²) in [5.74, 6) is -0.579. The maximum absolute atomic E-state index is 13.4. The van der Waals surface area contributed by atoms with Crippen LogP contribution in [-0.4, -0.2) is 58.5 Å². The van der Waals surface area contributed by atoms with Gasteiger partial charge in [-0.2, -0.15) is 0 Å². The van der Waals surface area contributed by atoms with Gasteiger partial charge in [-0.1, -0.05) is 12.8 Å². The summed E-state index contributed by atoms with van der Waals surface area (Å²) in [7, 11) is 0. The number of thiophene rings is 1. The zero-order valence-electron chi connectivity index (χ0n) is 20.5. The first-order chi connectivity index (χ1) is 17.3. The molecule has 1 aromatic carbocycles. The number of nitrogens with one attached hydrogen (secondary N) is 1. The van der Waals surface area contributed by atoms with Gasteiger partial charge in [0.1, 0.15) is 16.7 Å². The van der Waals surface area contributed by atoms with Crippen LogP contribution in [0.5, 0.6) is 0 Å². The number of benzene rings is 1. The van der Waals surface area contributed by atoms with E-state index in [0.29, 0.717) is 46.8 Å². The van der Waals surface area contributed by atoms with E-state index in [1.54, 1.807) is 30.9 Å². The fourth-order valence-corrected chi connectivity index (χ4v) is 6.21. The van der Waals surface area contributed by atoms with Crippen LogP contribution < -0.4 is 15.8 Å². The molecule has 36 heavy (non-hydrogen) atoms. The molecule has 1 atom stereocenters. The van der Waals surface area contributed by atoms with Crippen molar-refractivity contribution in [3.05, 3.63) is 57.2 Å². The molecule has 5 rings (SSSR count). The number of rotatable bonds is 5. The summed E-state index contributed by atoms with van der Waals surface area (Å²) in [5.41, 5.74) is 1.23. The second-order valence-electron chi connectivity index (χ2n) is 9.61. The number of carbonyl (C=O) groups excluding carboxylic acids is 2. The average Bonchev–Trinajstić information content (AvgIpc) is 3.52. The third-order valence-corrected chi connectivity index (χ3v) is 8.51. The SMILES string of the molecule is Cc1c(C(=O)N2CCN(c3ccc(F)cc3)CC2)sc2ncn(C(C)C(=O)NC3CCCC3)c(=O)c12. The maximum atomic E-state index is 13.4. The van der Waals surface area contributed by atoms with Gasteiger partial charge in [-0.05, 0) is 56.5 Å². The van der Waals surface area contributed by atoms with Crippen molar-refractivity contribution in [3.8, 4) is 0 Å². The standard InChI is InChI=1S/C26H30FN5O3S/c1-16-21-24(28-15-32(25(21)34)17(2)23(33)29-19-5-3-4-6-19)36-22(16)26(35)31-13-11-30(12-14-31)20-9-7-18(27)8-10-20/h7-10,15,17,19H,3-6,11-14H2,1-2H3,(H,29,33). The Morgan fingerprint density at radius 2 is 1.78 bits per heavy atom. The van der Waals surface area contributed by atoms with Gasteiger partial charge >= 0.3 is 0 Å². The molecule has 3 heterocycles. The highest BCUT2D eigenvalue weighted by atomic mass is 32.1. The molecular weight excluding hydrogens is 481 g/mol. The lowest BCUT2D eigenvalue weighted by molar-refractivity contribution is -0.124. The van der Waals surface area contributed by atoms with Crippen molar-refractivity contribution in [1.82, 2.24) is 19.8 Å². The van der Waals surface area contributed by atoms with E-state index < -0.39 is 6.04 Å². The first-order valence-corrected chi connectivity index (χ1v) is 13.3. The third-order valence-electron chi connectivity index (χ3n) is 7.33. The van der Waals surface area contributed by atoms with Crippen molar-refractivity contribution in [3.63, 3.8) is 0 Å². The zero-order valence-corrected chi connectivity index (χ0v) is 21.3. The molecule has 1 unspecified atom stereocenters. The van der Waals surface area contributed by atoms with E-state index >= 15 is 0 Å². The largest absolute Gasteiger partial charge is 0.368 e. The molecule has 1 saturated heterocycles. The smallest absolute Gasteiger partial charge is 0.264 e. The van der Waals surface area contributed by atoms with E-state index in [1.807, 2.05) is 0 Å². The number of hydrogen-bond acceptors (Lipinski definition) is 6. The number of fused-ring (bicyclic) bond motifs is 1. The second-order valence-corrected chi connectivity index (χ2v) is 10.6. The Labute approximate surface area is 212 Å². The minimum atomic E-state index is -0.687. The summed E-state index contributed by atoms with van der Waals surface area (Å²) in [4.78, 5) is 48.9. The van der Waals surface area contributed by atoms with Crippen LogP contribution in [0.25, 0.3) is 10.2 Å². The van der Waals surface area contributed by atoms with E-state index in [2.05, 4.69) is 15.2 Å². The Hall–Kier alpha value is -3.27. The van der Waals surface area contributed by atoms with E-state index in [9.17, 15) is 18.8 Å². The molecule has 1 aliphatic carbocycles. The third kappa shape index (κ3) is 4.61. The number of amides is 2. The van der Waals surface area contributed by atoms with Gasteiger partial charge in [0.15, 0.2) is 0 Å². The molecule has 2 amide bonds. The highest BCUT2D eigenvalue weighted by molar-refractivity contribution is 7.20. The van der Waals surface area contributed by atoms with Gasteiger partial charge in [0.05, 0.1) is 16.6 Å². The quantitative estimate of drug-likeness (QED) is 0.567. The fraction of sp³-hybridized carbons (Fsp3) is 0.462. The number of anilines is 1. The van der Waals surface area contributed by atoms with Crippen LogP contribution in [-0.2, 0) is 4.79 Å². The Bertz CT molecular complexity index is 1340. The minimum Gasteiger partial charge on any atom is -0.368 e. The lowest BCUT2D eigenvalue weighted by Gasteiger charge is -2.36. The molecule has 0 radical (unpaired) electrons. The predicted octanol–water partition coefficient (Wildman–Crippen LogP) is 3.49. The summed E-state index contributed by atoms with van der Waals surface area (Å²) < 4.78 is 14.6. The van der Waals surface area contributed by atoms with Crippen molar-refractivity contribution in [2.24, 2.45) is 0 Å². The molecular formula is C26H30FN5O3S. The highest BCUT2D eigenvalue weighted by Gasteiger charge is 2.28. The van der Waals surface area contributed by atoms with Gasteiger partial charge in [-0.3, -0.25) is 19.0 Å². The van der Waals surface area contributed by atoms with Gasteiger partial charge in [0.25, 0.3) is 11.5 Å². The van der Waals surface area contributed by atoms with E-state index in [1.165, 1.54) is 34.4 Å². The van der Waals surface area contributed by atoms with Crippen LogP contribution in [0, 0.1) is 12.7 Å². The summed E-state index contributed by atoms with van der Waals surface area (Å²) in [6.07, 6.45) is 5.57. The van der Waals surface area contributed by atoms with Crippen molar-refractivity contribution in [1.29, 1.82) is 0 Å². The molecule has 1 saturated carbocycles. The second kappa shape index (κ2) is 10.0. The molecule has 2 aromatic heterocycles. The number of piperazine rings is 1. The molecule has 2 aliphatic rings. The normalized spacial score (nSPS) is 17.5. The van der Waals surface area contributed by atoms with Crippen molar-refractivity contribution in [2.45, 2.75) is 51.6 Å². The lowest BCUT2D eigenvalue weighted by Crippen LogP contribution is -2.48. The number of hydrogen-bond donors (Lipinski definition) is 1. The van der Waals surface area contributed by atoms with Gasteiger partial charge in [-0.25, -0.2) is 9.37 Å². The van der Waals surface area contributed by atoms with Crippen LogP contribution in [0.15, 0.2) is 35.4 Å². The Morgan fingerprint density at radius 3 is 2.44 bits per heavy atom. The van der Waals surface area contributed by atoms with E-state index in [-0.39, 0.29) is 29.2 Å². The highest BCUT2D eigenvalue weighted by Crippen LogP contribution is 2.29. The summed E-state index contributed by atoms with van der Waals surface area (Å²) >= 11 is 1.22. The molecule has 3 aromatic rings. The summed E-state index contributed by atoms with van der Waals surface area (Å²) in [6.45, 7) is 5.81. The number of carbonyl (C=O) groups is 2. The van der Waals surface area contributed by atoms with Crippen LogP contribution in [0.3, 0.4) is 0 Å². The maximum Gasteiger partial charge on any atom is 0.264 e. The first-order valence-electron chi connectivity index (χ1n) is 12.4. The van der Waals surface area contributed by atoms with E-state index in [4.69, 9.17) is 0 Å². The molecule has 2 fully saturated rings. The van der Waals surface area contributed by atoms with Crippen LogP contribution in [0.1, 0.15) is 53.9 Å². The minimum absolute atomic E-state index is 0.118. The fourth-order valence-electron chi connectivity index (χ4n) is 5.10. The Morgan fingerprint density at radius 1 is 1.11 bits per heavy atom. The zero-order chi connectivity index (χ0) is 25.4. The van der Waals surface area contributed by atoms with Gasteiger partial charge in [-0.15, -0.1) is 11.3 Å². The molecule has 190 valence electrons. The van der Waals surface area contributed by atoms with Gasteiger partial charge in [0.2, 0.25) is 5.91 Å². The Balaban J connectivity index is 1.32. The van der Waals surface area contributed by atoms with E-state index in [0.717, 1.165) is 31.4 Å². The van der Waals surface area contributed by atoms with Crippen molar-refractivity contribution >= 4 is 39.1 Å². The molecule has 1 aliphatic heterocycles. The topological polar surface area (TPSA) is 87.5 Å². The molecule has 0 bridgehead atoms. The Kier molecular flexibility index (Phi) is 6.79. The first kappa shape index (κ1) is 24.4. The lowest BCUT2D eigenvalue weighted by atomic mass is 10.1. The number of nitrogens with zero attached hydrogens (tertiary/aromatic N) is 4. The van der Waals surface area contributed by atoms with Crippen LogP contribution in [0.2, 0.25) is 0 Å². The predicted molar refractivity (Wildman–Crippen MR) is 138 cm³/mol. The van der Waals surface area contributed by atoms with Crippen molar-refractivity contribution < 1.29 is 14.0 Å². The molecule has 0 spiro atoms. The number of aromatic nitrogens is 2. The average molecular weight is 512 g/mol. The summed E-state index contributed by atoms with van der Waals surface area (Å²) in [6, 6.07) is 5.85. The number of halogens is 1. The van der Waals surface area contributed by atoms with Gasteiger partial charge in [0, 0.05) is 37.9 Å². The van der Waals surface area contributed by atoms with Gasteiger partial charge < -0.3 is 15.1 Å². The molecule has 8 nitrogen and oxygen atoms in total. The number of aryl methyl sites for hydroxylation is 1. The molecule has 1 N–H and O–H groups in total.